The predicted octanol–water partition coefficient (Wildman–Crippen LogP) is 4.02. The summed E-state index contributed by atoms with van der Waals surface area (Å²) < 4.78 is 2.11. The molecule has 6 nitrogen and oxygen atoms in total. The zero-order valence-electron chi connectivity index (χ0n) is 19.5. The Balaban J connectivity index is 1.60. The number of aromatic nitrogens is 2. The van der Waals surface area contributed by atoms with E-state index in [9.17, 15) is 5.11 Å². The minimum absolute atomic E-state index is 0.0960. The van der Waals surface area contributed by atoms with Gasteiger partial charge in [0.25, 0.3) is 0 Å². The fourth-order valence-corrected chi connectivity index (χ4v) is 3.42. The van der Waals surface area contributed by atoms with Gasteiger partial charge in [-0.05, 0) is 29.0 Å². The number of aliphatic hydroxyl groups excluding tert-OH is 1. The monoisotopic (exact) mass is 433 g/mol. The Bertz CT molecular complexity index is 987. The third-order valence-corrected chi connectivity index (χ3v) is 5.34. The highest BCUT2D eigenvalue weighted by Gasteiger charge is 2.15. The van der Waals surface area contributed by atoms with Gasteiger partial charge in [0, 0.05) is 32.0 Å². The number of nitrogens with one attached hydrogen (secondary N) is 2. The summed E-state index contributed by atoms with van der Waals surface area (Å²) in [6.07, 6.45) is 3.16. The van der Waals surface area contributed by atoms with Gasteiger partial charge in [0.2, 0.25) is 0 Å². The number of hydrogen-bond acceptors (Lipinski definition) is 3. The Labute approximate surface area is 191 Å². The average molecular weight is 434 g/mol. The van der Waals surface area contributed by atoms with E-state index in [1.54, 1.807) is 6.20 Å². The number of imidazole rings is 1. The van der Waals surface area contributed by atoms with Gasteiger partial charge < -0.3 is 20.3 Å². The Kier molecular flexibility index (Phi) is 8.06. The fourth-order valence-electron chi connectivity index (χ4n) is 3.42. The summed E-state index contributed by atoms with van der Waals surface area (Å²) in [5.41, 5.74) is 3.46. The topological polar surface area (TPSA) is 74.5 Å². The molecule has 170 valence electrons. The predicted molar refractivity (Wildman–Crippen MR) is 131 cm³/mol. The van der Waals surface area contributed by atoms with Gasteiger partial charge in [0.15, 0.2) is 5.96 Å². The van der Waals surface area contributed by atoms with E-state index in [1.807, 2.05) is 43.5 Å². The number of aliphatic hydroxyl groups is 1. The van der Waals surface area contributed by atoms with Crippen LogP contribution in [0.4, 0.5) is 0 Å². The smallest absolute Gasteiger partial charge is 0.191 e. The lowest BCUT2D eigenvalue weighted by molar-refractivity contribution is 0.181. The third-order valence-electron chi connectivity index (χ3n) is 5.34. The maximum Gasteiger partial charge on any atom is 0.191 e. The van der Waals surface area contributed by atoms with E-state index in [1.165, 1.54) is 11.1 Å². The highest BCUT2D eigenvalue weighted by atomic mass is 16.3. The van der Waals surface area contributed by atoms with E-state index < -0.39 is 6.10 Å². The molecule has 32 heavy (non-hydrogen) atoms. The van der Waals surface area contributed by atoms with Crippen LogP contribution in [0.25, 0.3) is 0 Å². The number of nitrogens with zero attached hydrogens (tertiary/aromatic N) is 3. The van der Waals surface area contributed by atoms with Crippen LogP contribution in [0.2, 0.25) is 0 Å². The molecule has 1 aromatic heterocycles. The van der Waals surface area contributed by atoms with E-state index >= 15 is 0 Å². The summed E-state index contributed by atoms with van der Waals surface area (Å²) in [5, 5.41) is 17.1. The molecule has 0 aliphatic rings. The molecule has 1 heterocycles. The molecular formula is C26H35N5O. The number of hydrogen-bond donors (Lipinski definition) is 3. The second kappa shape index (κ2) is 11.0. The van der Waals surface area contributed by atoms with Crippen molar-refractivity contribution in [2.24, 2.45) is 4.99 Å². The van der Waals surface area contributed by atoms with Crippen molar-refractivity contribution >= 4 is 5.96 Å². The quantitative estimate of drug-likeness (QED) is 0.371. The molecule has 2 aromatic carbocycles. The molecule has 3 aromatic rings. The van der Waals surface area contributed by atoms with Crippen molar-refractivity contribution in [3.05, 3.63) is 89.5 Å². The molecular weight excluding hydrogens is 398 g/mol. The summed E-state index contributed by atoms with van der Waals surface area (Å²) in [6, 6.07) is 18.5. The lowest BCUT2D eigenvalue weighted by atomic mass is 9.86. The lowest BCUT2D eigenvalue weighted by Crippen LogP contribution is -2.39. The van der Waals surface area contributed by atoms with Gasteiger partial charge in [-0.15, -0.1) is 0 Å². The largest absolute Gasteiger partial charge is 0.387 e. The van der Waals surface area contributed by atoms with Gasteiger partial charge in [-0.2, -0.15) is 0 Å². The third kappa shape index (κ3) is 6.69. The Morgan fingerprint density at radius 2 is 1.78 bits per heavy atom. The van der Waals surface area contributed by atoms with Crippen molar-refractivity contribution < 1.29 is 5.11 Å². The van der Waals surface area contributed by atoms with Crippen LogP contribution in [0.15, 0.2) is 72.0 Å². The van der Waals surface area contributed by atoms with Crippen LogP contribution >= 0.6 is 0 Å². The molecule has 0 bridgehead atoms. The molecule has 0 spiro atoms. The number of aliphatic imine (C=N–C) groups is 1. The lowest BCUT2D eigenvalue weighted by Gasteiger charge is -2.20. The maximum absolute atomic E-state index is 10.6. The average Bonchev–Trinajstić information content (AvgIpc) is 3.22. The first-order chi connectivity index (χ1) is 15.4. The normalized spacial score (nSPS) is 13.1. The Hall–Kier alpha value is -3.12. The van der Waals surface area contributed by atoms with Crippen LogP contribution in [0.3, 0.4) is 0 Å². The van der Waals surface area contributed by atoms with Gasteiger partial charge in [0.1, 0.15) is 12.4 Å². The van der Waals surface area contributed by atoms with Crippen LogP contribution in [0, 0.1) is 0 Å². The number of guanidine groups is 1. The van der Waals surface area contributed by atoms with Gasteiger partial charge in [-0.25, -0.2) is 9.98 Å². The summed E-state index contributed by atoms with van der Waals surface area (Å²) in [4.78, 5) is 9.14. The second-order valence-corrected chi connectivity index (χ2v) is 8.92. The van der Waals surface area contributed by atoms with Crippen molar-refractivity contribution in [1.82, 2.24) is 20.2 Å². The van der Waals surface area contributed by atoms with E-state index in [2.05, 4.69) is 70.2 Å². The zero-order valence-corrected chi connectivity index (χ0v) is 19.5. The van der Waals surface area contributed by atoms with Gasteiger partial charge in [-0.1, -0.05) is 75.4 Å². The summed E-state index contributed by atoms with van der Waals surface area (Å²) >= 11 is 0. The first kappa shape index (κ1) is 23.5. The zero-order chi connectivity index (χ0) is 23.0. The summed E-state index contributed by atoms with van der Waals surface area (Å²) in [5.74, 6) is 1.55. The van der Waals surface area contributed by atoms with Crippen molar-refractivity contribution in [3.8, 4) is 0 Å². The first-order valence-corrected chi connectivity index (χ1v) is 11.2. The summed E-state index contributed by atoms with van der Waals surface area (Å²) in [7, 11) is 0. The fraction of sp³-hybridized carbons (Fsp3) is 0.385. The molecule has 3 rings (SSSR count). The molecule has 1 atom stereocenters. The van der Waals surface area contributed by atoms with Crippen LogP contribution in [-0.4, -0.2) is 33.7 Å². The summed E-state index contributed by atoms with van der Waals surface area (Å²) in [6.45, 7) is 10.9. The molecule has 0 aliphatic carbocycles. The standard InChI is InChI=1S/C26H35N5O/c1-5-27-25(29-17-23(32)21-11-13-22(14-12-21)26(2,3)4)30-18-24-28-15-16-31(24)19-20-9-7-6-8-10-20/h6-16,23,32H,5,17-19H2,1-4H3,(H2,27,29,30). The van der Waals surface area contributed by atoms with E-state index in [0.717, 1.165) is 24.5 Å². The molecule has 3 N–H and O–H groups in total. The first-order valence-electron chi connectivity index (χ1n) is 11.2. The SMILES string of the molecule is CCNC(=NCc1nccn1Cc1ccccc1)NCC(O)c1ccc(C(C)(C)C)cc1. The number of benzene rings is 2. The van der Waals surface area contributed by atoms with Crippen LogP contribution in [0.1, 0.15) is 56.3 Å². The van der Waals surface area contributed by atoms with Crippen molar-refractivity contribution in [2.45, 2.75) is 52.3 Å². The molecule has 1 unspecified atom stereocenters. The second-order valence-electron chi connectivity index (χ2n) is 8.92. The van der Waals surface area contributed by atoms with Crippen LogP contribution in [-0.2, 0) is 18.5 Å². The molecule has 0 saturated carbocycles. The molecule has 6 heteroatoms. The molecule has 0 aliphatic heterocycles. The highest BCUT2D eigenvalue weighted by Crippen LogP contribution is 2.23. The van der Waals surface area contributed by atoms with Crippen molar-refractivity contribution in [2.75, 3.05) is 13.1 Å². The highest BCUT2D eigenvalue weighted by molar-refractivity contribution is 5.79. The van der Waals surface area contributed by atoms with Gasteiger partial charge in [-0.3, -0.25) is 0 Å². The van der Waals surface area contributed by atoms with Crippen molar-refractivity contribution in [3.63, 3.8) is 0 Å². The van der Waals surface area contributed by atoms with Crippen LogP contribution < -0.4 is 10.6 Å². The molecule has 0 saturated heterocycles. The molecule has 0 amide bonds. The molecule has 0 fully saturated rings. The van der Waals surface area contributed by atoms with E-state index in [4.69, 9.17) is 0 Å². The maximum atomic E-state index is 10.6. The van der Waals surface area contributed by atoms with Gasteiger partial charge >= 0.3 is 0 Å². The Morgan fingerprint density at radius 1 is 1.06 bits per heavy atom. The minimum atomic E-state index is -0.618. The van der Waals surface area contributed by atoms with E-state index in [-0.39, 0.29) is 5.41 Å². The number of rotatable bonds is 8. The van der Waals surface area contributed by atoms with Crippen molar-refractivity contribution in [1.29, 1.82) is 0 Å². The minimum Gasteiger partial charge on any atom is -0.387 e. The van der Waals surface area contributed by atoms with Gasteiger partial charge in [0.05, 0.1) is 6.10 Å². The van der Waals surface area contributed by atoms with Crippen LogP contribution in [0.5, 0.6) is 0 Å². The van der Waals surface area contributed by atoms with E-state index in [0.29, 0.717) is 19.0 Å². The molecule has 0 radical (unpaired) electrons. The Morgan fingerprint density at radius 3 is 2.44 bits per heavy atom.